The first kappa shape index (κ1) is 28.7. The van der Waals surface area contributed by atoms with Crippen LogP contribution in [0.1, 0.15) is 135 Å². The van der Waals surface area contributed by atoms with Crippen molar-refractivity contribution in [1.82, 2.24) is 0 Å². The van der Waals surface area contributed by atoms with Gasteiger partial charge >= 0.3 is 0 Å². The molecule has 1 heterocycles. The SMILES string of the molecule is CCCCCCCCCCCCCCCCCCCCCC[n+]1c2ccccc2cc2ccccc21. The number of pyridine rings is 1. The van der Waals surface area contributed by atoms with E-state index in [0.29, 0.717) is 0 Å². The van der Waals surface area contributed by atoms with Crippen molar-refractivity contribution >= 4 is 21.8 Å². The average Bonchev–Trinajstić information content (AvgIpc) is 2.91. The quantitative estimate of drug-likeness (QED) is 0.0797. The molecule has 0 unspecified atom stereocenters. The summed E-state index contributed by atoms with van der Waals surface area (Å²) < 4.78 is 2.54. The Labute approximate surface area is 222 Å². The lowest BCUT2D eigenvalue weighted by molar-refractivity contribution is -0.645. The van der Waals surface area contributed by atoms with Crippen LogP contribution in [-0.4, -0.2) is 0 Å². The standard InChI is InChI=1S/C35H54N/c1-2-3-4-5-6-7-8-9-10-11-12-13-14-15-16-17-18-19-20-25-30-36-34-28-23-21-26-32(34)31-33-27-22-24-29-35(33)36/h21-24,26-29,31H,2-20,25,30H2,1H3/q+1. The number of aryl methyl sites for hydroxylation is 1. The number of hydrogen-bond acceptors (Lipinski definition) is 0. The second kappa shape index (κ2) is 18.4. The molecule has 3 rings (SSSR count). The van der Waals surface area contributed by atoms with Crippen molar-refractivity contribution in [3.63, 3.8) is 0 Å². The lowest BCUT2D eigenvalue weighted by atomic mass is 10.0. The predicted octanol–water partition coefficient (Wildman–Crippen LogP) is 11.1. The second-order valence-electron chi connectivity index (χ2n) is 11.1. The van der Waals surface area contributed by atoms with Gasteiger partial charge < -0.3 is 0 Å². The van der Waals surface area contributed by atoms with Gasteiger partial charge in [-0.2, -0.15) is 4.57 Å². The summed E-state index contributed by atoms with van der Waals surface area (Å²) in [6, 6.07) is 20.0. The highest BCUT2D eigenvalue weighted by Crippen LogP contribution is 2.19. The van der Waals surface area contributed by atoms with Gasteiger partial charge in [0, 0.05) is 29.3 Å². The van der Waals surface area contributed by atoms with Crippen LogP contribution >= 0.6 is 0 Å². The van der Waals surface area contributed by atoms with Gasteiger partial charge in [0.1, 0.15) is 6.54 Å². The number of unbranched alkanes of at least 4 members (excludes halogenated alkanes) is 19. The zero-order chi connectivity index (χ0) is 25.1. The first-order valence-corrected chi connectivity index (χ1v) is 15.7. The Morgan fingerprint density at radius 1 is 0.417 bits per heavy atom. The number of hydrogen-bond donors (Lipinski definition) is 0. The molecule has 0 spiro atoms. The van der Waals surface area contributed by atoms with Crippen molar-refractivity contribution in [3.8, 4) is 0 Å². The van der Waals surface area contributed by atoms with Gasteiger partial charge in [0.25, 0.3) is 0 Å². The van der Waals surface area contributed by atoms with Crippen LogP contribution in [0.15, 0.2) is 54.6 Å². The molecular weight excluding hydrogens is 434 g/mol. The highest BCUT2D eigenvalue weighted by atomic mass is 15.0. The van der Waals surface area contributed by atoms with Crippen molar-refractivity contribution in [2.75, 3.05) is 0 Å². The number of fused-ring (bicyclic) bond motifs is 2. The Morgan fingerprint density at radius 3 is 1.14 bits per heavy atom. The van der Waals surface area contributed by atoms with Crippen LogP contribution in [0, 0.1) is 0 Å². The fourth-order valence-corrected chi connectivity index (χ4v) is 5.77. The third-order valence-corrected chi connectivity index (χ3v) is 8.00. The van der Waals surface area contributed by atoms with Crippen LogP contribution in [-0.2, 0) is 6.54 Å². The van der Waals surface area contributed by atoms with Crippen LogP contribution in [0.2, 0.25) is 0 Å². The van der Waals surface area contributed by atoms with Gasteiger partial charge in [0.15, 0.2) is 0 Å². The van der Waals surface area contributed by atoms with E-state index in [-0.39, 0.29) is 0 Å². The number of nitrogens with zero attached hydrogens (tertiary/aromatic N) is 1. The maximum absolute atomic E-state index is 2.54. The van der Waals surface area contributed by atoms with E-state index in [1.165, 1.54) is 150 Å². The van der Waals surface area contributed by atoms with Crippen molar-refractivity contribution in [2.45, 2.75) is 142 Å². The lowest BCUT2D eigenvalue weighted by Gasteiger charge is -2.06. The van der Waals surface area contributed by atoms with E-state index >= 15 is 0 Å². The molecule has 2 aromatic carbocycles. The van der Waals surface area contributed by atoms with E-state index in [2.05, 4.69) is 66.1 Å². The minimum atomic E-state index is 1.13. The number of rotatable bonds is 21. The minimum absolute atomic E-state index is 1.13. The minimum Gasteiger partial charge on any atom is -0.191 e. The highest BCUT2D eigenvalue weighted by Gasteiger charge is 2.13. The fourth-order valence-electron chi connectivity index (χ4n) is 5.77. The molecule has 0 N–H and O–H groups in total. The molecule has 0 atom stereocenters. The third kappa shape index (κ3) is 10.6. The van der Waals surface area contributed by atoms with Crippen LogP contribution in [0.25, 0.3) is 21.8 Å². The normalized spacial score (nSPS) is 11.6. The highest BCUT2D eigenvalue weighted by molar-refractivity contribution is 5.88. The largest absolute Gasteiger partial charge is 0.212 e. The molecule has 0 bridgehead atoms. The molecule has 0 aliphatic carbocycles. The van der Waals surface area contributed by atoms with E-state index in [4.69, 9.17) is 0 Å². The molecule has 3 aromatic rings. The van der Waals surface area contributed by atoms with Crippen LogP contribution in [0.3, 0.4) is 0 Å². The molecule has 36 heavy (non-hydrogen) atoms. The van der Waals surface area contributed by atoms with Crippen LogP contribution in [0.4, 0.5) is 0 Å². The topological polar surface area (TPSA) is 3.88 Å². The van der Waals surface area contributed by atoms with Gasteiger partial charge in [-0.3, -0.25) is 0 Å². The Morgan fingerprint density at radius 2 is 0.750 bits per heavy atom. The maximum atomic E-state index is 2.54. The van der Waals surface area contributed by atoms with Crippen LogP contribution in [0.5, 0.6) is 0 Å². The summed E-state index contributed by atoms with van der Waals surface area (Å²) in [5.74, 6) is 0. The molecule has 0 aliphatic rings. The Hall–Kier alpha value is -1.89. The molecule has 1 aromatic heterocycles. The number of aromatic nitrogens is 1. The molecule has 0 saturated carbocycles. The Kier molecular flexibility index (Phi) is 14.6. The van der Waals surface area contributed by atoms with Gasteiger partial charge in [-0.15, -0.1) is 0 Å². The van der Waals surface area contributed by atoms with Crippen molar-refractivity contribution in [2.24, 2.45) is 0 Å². The molecule has 0 radical (unpaired) electrons. The molecule has 0 fully saturated rings. The molecule has 1 nitrogen and oxygen atoms in total. The number of benzene rings is 2. The zero-order valence-corrected chi connectivity index (χ0v) is 23.5. The molecule has 0 amide bonds. The smallest absolute Gasteiger partial charge is 0.191 e. The lowest BCUT2D eigenvalue weighted by Crippen LogP contribution is -2.35. The Balaban J connectivity index is 1.15. The van der Waals surface area contributed by atoms with Gasteiger partial charge in [-0.05, 0) is 24.6 Å². The fraction of sp³-hybridized carbons (Fsp3) is 0.629. The van der Waals surface area contributed by atoms with Gasteiger partial charge in [0.05, 0.1) is 0 Å². The Bertz CT molecular complexity index is 905. The summed E-state index contributed by atoms with van der Waals surface area (Å²) in [5, 5.41) is 2.70. The van der Waals surface area contributed by atoms with E-state index in [1.54, 1.807) is 0 Å². The first-order chi connectivity index (χ1) is 17.9. The maximum Gasteiger partial charge on any atom is 0.212 e. The third-order valence-electron chi connectivity index (χ3n) is 8.00. The summed E-state index contributed by atoms with van der Waals surface area (Å²) in [6.45, 7) is 3.43. The van der Waals surface area contributed by atoms with E-state index in [1.807, 2.05) is 0 Å². The van der Waals surface area contributed by atoms with Crippen molar-refractivity contribution in [3.05, 3.63) is 54.6 Å². The zero-order valence-electron chi connectivity index (χ0n) is 23.5. The van der Waals surface area contributed by atoms with Crippen molar-refractivity contribution in [1.29, 1.82) is 0 Å². The monoisotopic (exact) mass is 488 g/mol. The molecular formula is C35H54N+. The summed E-state index contributed by atoms with van der Waals surface area (Å²) in [4.78, 5) is 0. The molecule has 0 saturated heterocycles. The first-order valence-electron chi connectivity index (χ1n) is 15.7. The van der Waals surface area contributed by atoms with Gasteiger partial charge in [-0.25, -0.2) is 0 Å². The second-order valence-corrected chi connectivity index (χ2v) is 11.1. The molecule has 0 aliphatic heterocycles. The van der Waals surface area contributed by atoms with Gasteiger partial charge in [-0.1, -0.05) is 147 Å². The average molecular weight is 489 g/mol. The summed E-state index contributed by atoms with van der Waals surface area (Å²) in [6.07, 6.45) is 28.7. The van der Waals surface area contributed by atoms with E-state index in [9.17, 15) is 0 Å². The number of para-hydroxylation sites is 2. The van der Waals surface area contributed by atoms with Gasteiger partial charge in [0.2, 0.25) is 11.0 Å². The van der Waals surface area contributed by atoms with E-state index in [0.717, 1.165) is 6.54 Å². The van der Waals surface area contributed by atoms with Crippen molar-refractivity contribution < 1.29 is 4.57 Å². The molecule has 198 valence electrons. The van der Waals surface area contributed by atoms with Crippen LogP contribution < -0.4 is 4.57 Å². The summed E-state index contributed by atoms with van der Waals surface area (Å²) in [7, 11) is 0. The molecule has 1 heteroatoms. The summed E-state index contributed by atoms with van der Waals surface area (Å²) >= 11 is 0. The summed E-state index contributed by atoms with van der Waals surface area (Å²) in [5.41, 5.74) is 2.74. The predicted molar refractivity (Wildman–Crippen MR) is 160 cm³/mol. The van der Waals surface area contributed by atoms with E-state index < -0.39 is 0 Å².